The largest absolute Gasteiger partial charge is 0.457 e. The average molecular weight is 1170 g/mol. The van der Waals surface area contributed by atoms with Crippen molar-refractivity contribution in [2.45, 2.75) is 186 Å². The lowest BCUT2D eigenvalue weighted by Gasteiger charge is -2.35. The van der Waals surface area contributed by atoms with Gasteiger partial charge in [0.25, 0.3) is 11.8 Å². The maximum atomic E-state index is 13.4. The quantitative estimate of drug-likeness (QED) is 0.0584. The number of esters is 2. The summed E-state index contributed by atoms with van der Waals surface area (Å²) in [5, 5.41) is 18.1. The van der Waals surface area contributed by atoms with Crippen LogP contribution in [0.2, 0.25) is 0 Å². The Labute approximate surface area is 498 Å². The van der Waals surface area contributed by atoms with E-state index in [1.165, 1.54) is 10.0 Å². The van der Waals surface area contributed by atoms with Crippen LogP contribution in [0.15, 0.2) is 85.7 Å². The molecule has 20 nitrogen and oxygen atoms in total. The second-order valence-electron chi connectivity index (χ2n) is 23.1. The van der Waals surface area contributed by atoms with Gasteiger partial charge >= 0.3 is 11.9 Å². The Morgan fingerprint density at radius 3 is 2.24 bits per heavy atom. The van der Waals surface area contributed by atoms with Crippen LogP contribution in [0.1, 0.15) is 172 Å². The summed E-state index contributed by atoms with van der Waals surface area (Å²) >= 11 is 0. The third kappa shape index (κ3) is 17.2. The van der Waals surface area contributed by atoms with Crippen molar-refractivity contribution in [3.8, 4) is 0 Å². The number of fused-ring (bicyclic) bond motifs is 5. The first-order chi connectivity index (χ1) is 41.0. The number of pyridine rings is 2. The predicted molar refractivity (Wildman–Crippen MR) is 324 cm³/mol. The molecule has 4 aromatic rings. The number of hydrogen-bond donors (Lipinski definition) is 6. The molecular weight excluding hydrogens is 1080 g/mol. The fraction of sp³-hybridized carbons (Fsp3) is 0.508. The van der Waals surface area contributed by atoms with E-state index in [1.807, 2.05) is 69.3 Å². The SMILES string of the molecule is C=Cc1cc2cc([C@@H](C)OC(=O)[C@@H]3CCCN(C(=O)[C@H](C)NC(=O)[C@@H](NC(=O)C/C=C/C)C4CCCCC4)N3)ccc2cn1.C[C@@H]1NC(=O)[C@H](C2CCCCC2)NC(=O)C/C=C/c2cc3cc(ccc3cn2)[C@@H](C)OC(=O)[C@@H]2CCCN(N2)C1=O. The number of nitrogens with one attached hydrogen (secondary N) is 6. The number of benzene rings is 2. The molecule has 5 bridgehead atoms. The van der Waals surface area contributed by atoms with Crippen LogP contribution >= 0.6 is 0 Å². The van der Waals surface area contributed by atoms with E-state index in [4.69, 9.17) is 9.47 Å². The van der Waals surface area contributed by atoms with E-state index in [1.54, 1.807) is 56.6 Å². The number of hydrogen-bond acceptors (Lipinski definition) is 14. The molecule has 2 aliphatic carbocycles. The van der Waals surface area contributed by atoms with Crippen molar-refractivity contribution >= 4 is 81.1 Å². The molecule has 6 amide bonds. The van der Waals surface area contributed by atoms with Crippen LogP contribution < -0.4 is 32.1 Å². The van der Waals surface area contributed by atoms with Crippen LogP contribution in [0.4, 0.5) is 0 Å². The summed E-state index contributed by atoms with van der Waals surface area (Å²) in [5.41, 5.74) is 9.17. The first-order valence-corrected chi connectivity index (χ1v) is 30.4. The predicted octanol–water partition coefficient (Wildman–Crippen LogP) is 7.83. The minimum Gasteiger partial charge on any atom is -0.457 e. The third-order valence-electron chi connectivity index (χ3n) is 16.8. The first-order valence-electron chi connectivity index (χ1n) is 30.4. The summed E-state index contributed by atoms with van der Waals surface area (Å²) < 4.78 is 11.6. The van der Waals surface area contributed by atoms with Gasteiger partial charge < -0.3 is 30.7 Å². The monoisotopic (exact) mass is 1160 g/mol. The molecule has 454 valence electrons. The summed E-state index contributed by atoms with van der Waals surface area (Å²) in [7, 11) is 0. The summed E-state index contributed by atoms with van der Waals surface area (Å²) in [6, 6.07) is 11.0. The average Bonchev–Trinajstić information content (AvgIpc) is 3.72. The number of rotatable bonds is 12. The van der Waals surface area contributed by atoms with E-state index < -0.39 is 60.4 Å². The molecule has 2 aromatic carbocycles. The molecule has 9 rings (SSSR count). The Morgan fingerprint density at radius 1 is 0.788 bits per heavy atom. The van der Waals surface area contributed by atoms with Gasteiger partial charge in [-0.15, -0.1) is 0 Å². The molecule has 3 aliphatic heterocycles. The van der Waals surface area contributed by atoms with Gasteiger partial charge in [0.1, 0.15) is 48.5 Å². The highest BCUT2D eigenvalue weighted by molar-refractivity contribution is 5.94. The molecule has 2 saturated carbocycles. The van der Waals surface area contributed by atoms with Gasteiger partial charge in [-0.2, -0.15) is 0 Å². The van der Waals surface area contributed by atoms with Crippen molar-refractivity contribution in [3.05, 3.63) is 108 Å². The van der Waals surface area contributed by atoms with Gasteiger partial charge in [-0.25, -0.2) is 10.9 Å². The maximum absolute atomic E-state index is 13.4. The highest BCUT2D eigenvalue weighted by Crippen LogP contribution is 2.30. The minimum atomic E-state index is -0.852. The first kappa shape index (κ1) is 63.2. The zero-order valence-electron chi connectivity index (χ0n) is 49.7. The Kier molecular flexibility index (Phi) is 22.5. The van der Waals surface area contributed by atoms with Crippen LogP contribution in [0, 0.1) is 11.8 Å². The molecular formula is C65H84N10O10. The number of carbonyl (C=O) groups excluding carboxylic acids is 8. The number of ether oxygens (including phenoxy) is 2. The summed E-state index contributed by atoms with van der Waals surface area (Å²) in [6.45, 7) is 13.3. The van der Waals surface area contributed by atoms with Crippen LogP contribution in [0.25, 0.3) is 33.7 Å². The highest BCUT2D eigenvalue weighted by Gasteiger charge is 2.38. The minimum absolute atomic E-state index is 0.00573. The van der Waals surface area contributed by atoms with Gasteiger partial charge in [0.15, 0.2) is 0 Å². The van der Waals surface area contributed by atoms with Crippen molar-refractivity contribution in [3.63, 3.8) is 0 Å². The summed E-state index contributed by atoms with van der Waals surface area (Å²) in [6.07, 6.45) is 23.5. The lowest BCUT2D eigenvalue weighted by atomic mass is 9.83. The van der Waals surface area contributed by atoms with Crippen molar-refractivity contribution in [1.29, 1.82) is 0 Å². The van der Waals surface area contributed by atoms with Crippen LogP contribution in [-0.2, 0) is 47.8 Å². The molecule has 4 fully saturated rings. The molecule has 8 atom stereocenters. The van der Waals surface area contributed by atoms with Gasteiger partial charge in [-0.05, 0) is 156 Å². The van der Waals surface area contributed by atoms with Crippen molar-refractivity contribution in [1.82, 2.24) is 52.1 Å². The Balaban J connectivity index is 0.000000222. The summed E-state index contributed by atoms with van der Waals surface area (Å²) in [4.78, 5) is 114. The normalized spacial score (nSPS) is 23.7. The molecule has 0 spiro atoms. The molecule has 0 unspecified atom stereocenters. The molecule has 2 saturated heterocycles. The zero-order valence-corrected chi connectivity index (χ0v) is 49.7. The summed E-state index contributed by atoms with van der Waals surface area (Å²) in [5.74, 6) is -2.76. The van der Waals surface area contributed by atoms with E-state index in [-0.39, 0.29) is 60.1 Å². The van der Waals surface area contributed by atoms with Crippen LogP contribution in [-0.4, -0.2) is 117 Å². The zero-order chi connectivity index (χ0) is 60.6. The molecule has 5 heterocycles. The molecule has 85 heavy (non-hydrogen) atoms. The molecule has 20 heteroatoms. The van der Waals surface area contributed by atoms with Crippen molar-refractivity contribution < 1.29 is 47.8 Å². The van der Waals surface area contributed by atoms with Crippen molar-refractivity contribution in [2.24, 2.45) is 11.8 Å². The van der Waals surface area contributed by atoms with Gasteiger partial charge in [-0.1, -0.05) is 87.6 Å². The van der Waals surface area contributed by atoms with E-state index >= 15 is 0 Å². The molecule has 6 N–H and O–H groups in total. The number of aromatic nitrogens is 2. The third-order valence-corrected chi connectivity index (χ3v) is 16.8. The fourth-order valence-electron chi connectivity index (χ4n) is 11.8. The standard InChI is InChI=1S/C34H45N5O5.C31H39N5O5/c1-5-7-15-30(40)37-31(24-12-9-8-10-13-24)32(41)36-22(3)33(42)39-18-11-14-29(38-39)34(43)44-23(4)25-16-17-26-21-35-28(6-2)20-27(26)19-25;1-19-30(39)36-15-7-11-26(35-36)31(40)41-20(2)22-13-14-23-18-32-25(17-24(23)16-22)10-6-12-27(37)34-28(29(38)33-19)21-8-4-3-5-9-21/h5-7,16-17,19-24,29,31,38H,2,8-15,18H2,1,3-4H3,(H,36,41)(H,37,40);6,10,13-14,16-21,26,28,35H,3-5,7-9,11-12,15H2,1-2H3,(H,33,38)(H,34,37)/b7-5+;10-6+/t22-,23+,29-,31-;19-,20+,26-,28-/m00/s1. The maximum Gasteiger partial charge on any atom is 0.325 e. The molecule has 5 aliphatic rings. The Morgan fingerprint density at radius 2 is 1.49 bits per heavy atom. The van der Waals surface area contributed by atoms with Gasteiger partial charge in [-0.3, -0.25) is 58.3 Å². The topological polar surface area (TPSA) is 259 Å². The van der Waals surface area contributed by atoms with Crippen molar-refractivity contribution in [2.75, 3.05) is 13.1 Å². The number of hydrazine groups is 2. The van der Waals surface area contributed by atoms with Crippen LogP contribution in [0.5, 0.6) is 0 Å². The molecule has 2 aromatic heterocycles. The number of allylic oxidation sites excluding steroid dienone is 1. The van der Waals surface area contributed by atoms with Gasteiger partial charge in [0.05, 0.1) is 11.4 Å². The van der Waals surface area contributed by atoms with Gasteiger partial charge in [0.2, 0.25) is 23.6 Å². The van der Waals surface area contributed by atoms with Crippen LogP contribution in [0.3, 0.4) is 0 Å². The Bertz CT molecular complexity index is 3140. The second kappa shape index (κ2) is 30.3. The van der Waals surface area contributed by atoms with E-state index in [0.29, 0.717) is 44.5 Å². The second-order valence-corrected chi connectivity index (χ2v) is 23.1. The lowest BCUT2D eigenvalue weighted by Crippen LogP contribution is -2.61. The fourth-order valence-corrected chi connectivity index (χ4v) is 11.8. The van der Waals surface area contributed by atoms with E-state index in [0.717, 1.165) is 103 Å². The highest BCUT2D eigenvalue weighted by atomic mass is 16.5. The lowest BCUT2D eigenvalue weighted by molar-refractivity contribution is -0.158. The van der Waals surface area contributed by atoms with E-state index in [2.05, 4.69) is 48.7 Å². The van der Waals surface area contributed by atoms with E-state index in [9.17, 15) is 38.4 Å². The number of cyclic esters (lactones) is 1. The smallest absolute Gasteiger partial charge is 0.325 e. The molecule has 0 radical (unpaired) electrons. The number of amides is 6. The number of carbonyl (C=O) groups is 8. The van der Waals surface area contributed by atoms with Gasteiger partial charge in [0, 0.05) is 49.1 Å². The number of nitrogens with zero attached hydrogens (tertiary/aromatic N) is 4. The Hall–Kier alpha value is -7.84.